The molecule has 1 aliphatic rings. The molecule has 0 saturated carbocycles. The highest BCUT2D eigenvalue weighted by molar-refractivity contribution is 5.90. The van der Waals surface area contributed by atoms with Gasteiger partial charge >= 0.3 is 17.9 Å². The van der Waals surface area contributed by atoms with Crippen LogP contribution >= 0.6 is 0 Å². The van der Waals surface area contributed by atoms with Gasteiger partial charge in [-0.15, -0.1) is 0 Å². The number of esters is 3. The van der Waals surface area contributed by atoms with E-state index in [2.05, 4.69) is 19.7 Å². The van der Waals surface area contributed by atoms with Crippen molar-refractivity contribution in [2.24, 2.45) is 0 Å². The minimum atomic E-state index is -0.668. The maximum absolute atomic E-state index is 15.5. The van der Waals surface area contributed by atoms with Gasteiger partial charge in [0.25, 0.3) is 0 Å². The number of halogens is 1. The maximum atomic E-state index is 15.5. The Morgan fingerprint density at radius 3 is 1.82 bits per heavy atom. The molecule has 3 aromatic carbocycles. The maximum Gasteiger partial charge on any atom is 0.338 e. The van der Waals surface area contributed by atoms with Crippen molar-refractivity contribution in [2.45, 2.75) is 39.7 Å². The van der Waals surface area contributed by atoms with Crippen molar-refractivity contribution in [3.05, 3.63) is 108 Å². The zero-order valence-corrected chi connectivity index (χ0v) is 22.6. The van der Waals surface area contributed by atoms with Crippen molar-refractivity contribution >= 4 is 17.9 Å². The quantitative estimate of drug-likeness (QED) is 0.170. The van der Waals surface area contributed by atoms with E-state index in [0.29, 0.717) is 23.1 Å². The van der Waals surface area contributed by atoms with Crippen molar-refractivity contribution < 1.29 is 33.0 Å². The number of ether oxygens (including phenoxy) is 3. The molecule has 4 rings (SSSR count). The number of carbonyl (C=O) groups is 3. The van der Waals surface area contributed by atoms with Crippen LogP contribution in [0, 0.1) is 5.82 Å². The lowest BCUT2D eigenvalue weighted by molar-refractivity contribution is -0.144. The lowest BCUT2D eigenvalue weighted by Crippen LogP contribution is -2.10. The molecule has 3 aromatic rings. The molecule has 1 aliphatic carbocycles. The molecule has 40 heavy (non-hydrogen) atoms. The Kier molecular flexibility index (Phi) is 8.14. The van der Waals surface area contributed by atoms with Crippen molar-refractivity contribution in [1.29, 1.82) is 0 Å². The molecule has 1 unspecified atom stereocenters. The molecular formula is C33H29FO6. The molecule has 0 aromatic heterocycles. The van der Waals surface area contributed by atoms with E-state index in [1.54, 1.807) is 19.1 Å². The number of fused-ring (bicyclic) bond motifs is 1. The van der Waals surface area contributed by atoms with Crippen LogP contribution in [0.2, 0.25) is 0 Å². The average molecular weight is 541 g/mol. The molecule has 0 amide bonds. The van der Waals surface area contributed by atoms with E-state index in [1.807, 2.05) is 18.2 Å². The van der Waals surface area contributed by atoms with Gasteiger partial charge in [0.15, 0.2) is 0 Å². The largest absolute Gasteiger partial charge is 0.454 e. The lowest BCUT2D eigenvalue weighted by Gasteiger charge is -2.14. The summed E-state index contributed by atoms with van der Waals surface area (Å²) in [5.74, 6) is -2.14. The SMILES string of the molecule is C=C(C)C(=O)Oc1cc(OC(=O)C(=C)C)cc(-c2ccc(-c3ccc4c(c3)CCC4OC(=O)C(=C)C)cc2F)c1. The van der Waals surface area contributed by atoms with Gasteiger partial charge in [0.2, 0.25) is 0 Å². The molecule has 204 valence electrons. The third-order valence-electron chi connectivity index (χ3n) is 6.37. The molecule has 0 saturated heterocycles. The van der Waals surface area contributed by atoms with Gasteiger partial charge in [-0.25, -0.2) is 18.8 Å². The van der Waals surface area contributed by atoms with Crippen molar-refractivity contribution in [3.8, 4) is 33.8 Å². The third-order valence-corrected chi connectivity index (χ3v) is 6.37. The Morgan fingerprint density at radius 1 is 0.725 bits per heavy atom. The number of hydrogen-bond donors (Lipinski definition) is 0. The van der Waals surface area contributed by atoms with E-state index in [1.165, 1.54) is 38.1 Å². The highest BCUT2D eigenvalue weighted by atomic mass is 19.1. The monoisotopic (exact) mass is 540 g/mol. The second-order valence-corrected chi connectivity index (χ2v) is 9.85. The zero-order chi connectivity index (χ0) is 29.1. The summed E-state index contributed by atoms with van der Waals surface area (Å²) in [6.45, 7) is 15.4. The third kappa shape index (κ3) is 6.26. The smallest absolute Gasteiger partial charge is 0.338 e. The highest BCUT2D eigenvalue weighted by Crippen LogP contribution is 2.38. The highest BCUT2D eigenvalue weighted by Gasteiger charge is 2.26. The molecule has 7 heteroatoms. The molecule has 0 aliphatic heterocycles. The number of carbonyl (C=O) groups excluding carboxylic acids is 3. The Hall–Kier alpha value is -4.78. The summed E-state index contributed by atoms with van der Waals surface area (Å²) in [4.78, 5) is 36.2. The number of benzene rings is 3. The van der Waals surface area contributed by atoms with Gasteiger partial charge in [-0.3, -0.25) is 0 Å². The van der Waals surface area contributed by atoms with Gasteiger partial charge in [0.1, 0.15) is 23.4 Å². The fourth-order valence-electron chi connectivity index (χ4n) is 4.27. The summed E-state index contributed by atoms with van der Waals surface area (Å²) in [6.07, 6.45) is 1.08. The van der Waals surface area contributed by atoms with Gasteiger partial charge in [-0.1, -0.05) is 50.1 Å². The van der Waals surface area contributed by atoms with Crippen LogP contribution in [-0.4, -0.2) is 17.9 Å². The van der Waals surface area contributed by atoms with Gasteiger partial charge in [0, 0.05) is 28.3 Å². The Morgan fingerprint density at radius 2 is 1.27 bits per heavy atom. The molecular weight excluding hydrogens is 511 g/mol. The minimum Gasteiger partial charge on any atom is -0.454 e. The summed E-state index contributed by atoms with van der Waals surface area (Å²) in [5, 5.41) is 0. The predicted octanol–water partition coefficient (Wildman–Crippen LogP) is 7.23. The van der Waals surface area contributed by atoms with E-state index in [0.717, 1.165) is 23.1 Å². The van der Waals surface area contributed by atoms with E-state index in [9.17, 15) is 14.4 Å². The van der Waals surface area contributed by atoms with E-state index < -0.39 is 23.7 Å². The second-order valence-electron chi connectivity index (χ2n) is 9.85. The van der Waals surface area contributed by atoms with Crippen LogP contribution < -0.4 is 9.47 Å². The molecule has 1 atom stereocenters. The molecule has 0 heterocycles. The predicted molar refractivity (Wildman–Crippen MR) is 150 cm³/mol. The number of aryl methyl sites for hydroxylation is 1. The van der Waals surface area contributed by atoms with Gasteiger partial charge in [-0.05, 0) is 79.6 Å². The topological polar surface area (TPSA) is 78.9 Å². The summed E-state index contributed by atoms with van der Waals surface area (Å²) in [7, 11) is 0. The van der Waals surface area contributed by atoms with Gasteiger partial charge in [-0.2, -0.15) is 0 Å². The fraction of sp³-hybridized carbons (Fsp3) is 0.182. The van der Waals surface area contributed by atoms with Crippen LogP contribution in [0.3, 0.4) is 0 Å². The Balaban J connectivity index is 1.65. The van der Waals surface area contributed by atoms with Crippen molar-refractivity contribution in [3.63, 3.8) is 0 Å². The standard InChI is InChI=1S/C33H29FO6/c1-18(2)31(35)38-25-14-24(15-26(17-25)39-32(36)19(3)4)27-10-7-22(16-29(27)34)21-8-11-28-23(13-21)9-12-30(28)40-33(37)20(5)6/h7-8,10-11,13-17,30H,1,3,5,9,12H2,2,4,6H3. The zero-order valence-electron chi connectivity index (χ0n) is 22.6. The fourth-order valence-corrected chi connectivity index (χ4v) is 4.27. The van der Waals surface area contributed by atoms with Crippen LogP contribution in [0.15, 0.2) is 91.1 Å². The first-order chi connectivity index (χ1) is 18.9. The molecule has 0 N–H and O–H groups in total. The molecule has 0 bridgehead atoms. The first kappa shape index (κ1) is 28.2. The van der Waals surface area contributed by atoms with Crippen LogP contribution in [0.1, 0.15) is 44.4 Å². The van der Waals surface area contributed by atoms with Crippen molar-refractivity contribution in [1.82, 2.24) is 0 Å². The van der Waals surface area contributed by atoms with Crippen LogP contribution in [0.25, 0.3) is 22.3 Å². The molecule has 0 spiro atoms. The molecule has 6 nitrogen and oxygen atoms in total. The molecule has 0 fully saturated rings. The van der Waals surface area contributed by atoms with E-state index in [4.69, 9.17) is 14.2 Å². The van der Waals surface area contributed by atoms with Gasteiger partial charge in [0.05, 0.1) is 0 Å². The Bertz CT molecular complexity index is 1540. The van der Waals surface area contributed by atoms with Crippen molar-refractivity contribution in [2.75, 3.05) is 0 Å². The van der Waals surface area contributed by atoms with E-state index >= 15 is 4.39 Å². The van der Waals surface area contributed by atoms with E-state index in [-0.39, 0.29) is 34.3 Å². The lowest BCUT2D eigenvalue weighted by atomic mass is 9.97. The summed E-state index contributed by atoms with van der Waals surface area (Å²) in [5.41, 5.74) is 4.72. The first-order valence-electron chi connectivity index (χ1n) is 12.6. The minimum absolute atomic E-state index is 0.0685. The average Bonchev–Trinajstić information content (AvgIpc) is 3.29. The number of hydrogen-bond acceptors (Lipinski definition) is 6. The summed E-state index contributed by atoms with van der Waals surface area (Å²) in [6, 6.07) is 14.9. The summed E-state index contributed by atoms with van der Waals surface area (Å²) >= 11 is 0. The second kappa shape index (κ2) is 11.5. The van der Waals surface area contributed by atoms with Gasteiger partial charge < -0.3 is 14.2 Å². The van der Waals surface area contributed by atoms with Crippen LogP contribution in [0.4, 0.5) is 4.39 Å². The Labute approximate surface area is 232 Å². The first-order valence-corrected chi connectivity index (χ1v) is 12.6. The normalized spacial score (nSPS) is 13.7. The summed E-state index contributed by atoms with van der Waals surface area (Å²) < 4.78 is 31.7. The molecule has 0 radical (unpaired) electrons. The van der Waals surface area contributed by atoms with Crippen LogP contribution in [-0.2, 0) is 25.5 Å². The number of rotatable bonds is 8. The van der Waals surface area contributed by atoms with Crippen LogP contribution in [0.5, 0.6) is 11.5 Å².